The molecule has 3 aromatic rings. The number of anilines is 1. The summed E-state index contributed by atoms with van der Waals surface area (Å²) in [6.07, 6.45) is 5.08. The van der Waals surface area contributed by atoms with Gasteiger partial charge in [0.15, 0.2) is 0 Å². The van der Waals surface area contributed by atoms with Crippen molar-refractivity contribution in [3.05, 3.63) is 94.0 Å². The Kier molecular flexibility index (Phi) is 10.8. The molecule has 1 aliphatic carbocycles. The molecule has 1 N–H and O–H groups in total. The van der Waals surface area contributed by atoms with Crippen molar-refractivity contribution in [2.45, 2.75) is 50.7 Å². The number of rotatable bonds is 12. The number of halogens is 2. The van der Waals surface area contributed by atoms with Gasteiger partial charge in [-0.3, -0.25) is 13.9 Å². The van der Waals surface area contributed by atoms with E-state index in [1.165, 1.54) is 30.2 Å². The predicted molar refractivity (Wildman–Crippen MR) is 167 cm³/mol. The van der Waals surface area contributed by atoms with Crippen molar-refractivity contribution >= 4 is 50.7 Å². The molecule has 11 heteroatoms. The van der Waals surface area contributed by atoms with E-state index in [1.54, 1.807) is 24.3 Å². The number of nitrogens with one attached hydrogen (secondary N) is 1. The average molecular weight is 633 g/mol. The van der Waals surface area contributed by atoms with Crippen LogP contribution in [-0.2, 0) is 32.6 Å². The Labute approximate surface area is 257 Å². The number of amides is 2. The highest BCUT2D eigenvalue weighted by molar-refractivity contribution is 7.92. The lowest BCUT2D eigenvalue weighted by atomic mass is 10.0. The van der Waals surface area contributed by atoms with Gasteiger partial charge in [-0.2, -0.15) is 0 Å². The number of hydrogen-bond acceptors (Lipinski definition) is 5. The fourth-order valence-corrected chi connectivity index (χ4v) is 6.44. The van der Waals surface area contributed by atoms with Crippen LogP contribution in [0.2, 0.25) is 10.0 Å². The number of sulfonamides is 1. The Balaban J connectivity index is 1.74. The number of benzene rings is 3. The fraction of sp³-hybridized carbons (Fsp3) is 0.355. The lowest BCUT2D eigenvalue weighted by Crippen LogP contribution is -2.54. The first-order chi connectivity index (χ1) is 20.1. The van der Waals surface area contributed by atoms with Gasteiger partial charge >= 0.3 is 0 Å². The zero-order valence-corrected chi connectivity index (χ0v) is 26.0. The molecule has 0 saturated heterocycles. The number of carbonyl (C=O) groups is 2. The Morgan fingerprint density at radius 2 is 1.64 bits per heavy atom. The van der Waals surface area contributed by atoms with Crippen molar-refractivity contribution in [2.75, 3.05) is 24.2 Å². The molecule has 8 nitrogen and oxygen atoms in total. The van der Waals surface area contributed by atoms with Crippen LogP contribution in [0.3, 0.4) is 0 Å². The number of nitrogens with zero attached hydrogens (tertiary/aromatic N) is 2. The lowest BCUT2D eigenvalue weighted by molar-refractivity contribution is -0.140. The van der Waals surface area contributed by atoms with Gasteiger partial charge in [-0.25, -0.2) is 8.42 Å². The Morgan fingerprint density at radius 3 is 2.26 bits per heavy atom. The number of hydrogen-bond donors (Lipinski definition) is 1. The van der Waals surface area contributed by atoms with Gasteiger partial charge in [0.1, 0.15) is 18.3 Å². The SMILES string of the molecule is COc1ccc(N(CC(=O)N(Cc2ccccc2Cl)[C@@H](Cc2ccccc2)C(=O)NC2CCCC2)S(C)(=O)=O)cc1Cl. The number of ether oxygens (including phenoxy) is 1. The Morgan fingerprint density at radius 1 is 0.976 bits per heavy atom. The van der Waals surface area contributed by atoms with Crippen molar-refractivity contribution in [3.63, 3.8) is 0 Å². The minimum absolute atomic E-state index is 0.00899. The zero-order chi connectivity index (χ0) is 30.3. The highest BCUT2D eigenvalue weighted by Crippen LogP contribution is 2.31. The van der Waals surface area contributed by atoms with Crippen molar-refractivity contribution in [2.24, 2.45) is 0 Å². The van der Waals surface area contributed by atoms with E-state index in [9.17, 15) is 18.0 Å². The topological polar surface area (TPSA) is 96.0 Å². The van der Waals surface area contributed by atoms with Gasteiger partial charge in [0.25, 0.3) is 0 Å². The molecule has 42 heavy (non-hydrogen) atoms. The molecule has 0 heterocycles. The van der Waals surface area contributed by atoms with Crippen molar-refractivity contribution in [3.8, 4) is 5.75 Å². The molecule has 2 amide bonds. The summed E-state index contributed by atoms with van der Waals surface area (Å²) in [4.78, 5) is 29.5. The van der Waals surface area contributed by atoms with Gasteiger partial charge in [0, 0.05) is 24.0 Å². The second-order valence-electron chi connectivity index (χ2n) is 10.4. The van der Waals surface area contributed by atoms with E-state index in [0.29, 0.717) is 16.3 Å². The first kappa shape index (κ1) is 31.7. The van der Waals surface area contributed by atoms with Gasteiger partial charge in [-0.05, 0) is 48.2 Å². The molecule has 0 spiro atoms. The van der Waals surface area contributed by atoms with Gasteiger partial charge in [-0.15, -0.1) is 0 Å². The first-order valence-corrected chi connectivity index (χ1v) is 16.4. The fourth-order valence-electron chi connectivity index (χ4n) is 5.16. The summed E-state index contributed by atoms with van der Waals surface area (Å²) in [5.74, 6) is -0.480. The molecule has 0 aromatic heterocycles. The normalized spacial score (nSPS) is 14.3. The minimum atomic E-state index is -3.93. The standard InChI is InChI=1S/C31H35Cl2N3O5S/c1-41-29-17-16-25(19-27(29)33)36(42(2,39)40)21-30(37)35(20-23-12-6-9-15-26(23)32)28(18-22-10-4-3-5-11-22)31(38)34-24-13-7-8-14-24/h3-6,9-12,15-17,19,24,28H,7-8,13-14,18,20-21H2,1-2H3,(H,34,38)/t28-/m0/s1. The summed E-state index contributed by atoms with van der Waals surface area (Å²) in [6.45, 7) is -0.539. The molecule has 1 atom stereocenters. The maximum atomic E-state index is 14.2. The number of methoxy groups -OCH3 is 1. The summed E-state index contributed by atoms with van der Waals surface area (Å²) in [7, 11) is -2.47. The average Bonchev–Trinajstić information content (AvgIpc) is 3.47. The van der Waals surface area contributed by atoms with Crippen LogP contribution < -0.4 is 14.4 Å². The van der Waals surface area contributed by atoms with Crippen LogP contribution in [0.15, 0.2) is 72.8 Å². The molecular weight excluding hydrogens is 597 g/mol. The molecule has 0 unspecified atom stereocenters. The minimum Gasteiger partial charge on any atom is -0.495 e. The smallest absolute Gasteiger partial charge is 0.244 e. The van der Waals surface area contributed by atoms with Crippen LogP contribution in [0.1, 0.15) is 36.8 Å². The van der Waals surface area contributed by atoms with E-state index in [0.717, 1.165) is 41.8 Å². The summed E-state index contributed by atoms with van der Waals surface area (Å²) < 4.78 is 32.1. The molecular formula is C31H35Cl2N3O5S. The molecule has 0 aliphatic heterocycles. The number of carbonyl (C=O) groups excluding carboxylic acids is 2. The zero-order valence-electron chi connectivity index (χ0n) is 23.6. The third kappa shape index (κ3) is 8.18. The van der Waals surface area contributed by atoms with E-state index >= 15 is 0 Å². The van der Waals surface area contributed by atoms with Crippen molar-refractivity contribution in [1.29, 1.82) is 0 Å². The maximum absolute atomic E-state index is 14.2. The van der Waals surface area contributed by atoms with E-state index in [2.05, 4.69) is 5.32 Å². The highest BCUT2D eigenvalue weighted by atomic mass is 35.5. The highest BCUT2D eigenvalue weighted by Gasteiger charge is 2.34. The van der Waals surface area contributed by atoms with E-state index in [4.69, 9.17) is 27.9 Å². The largest absolute Gasteiger partial charge is 0.495 e. The van der Waals surface area contributed by atoms with Crippen molar-refractivity contribution in [1.82, 2.24) is 10.2 Å². The molecule has 224 valence electrons. The monoisotopic (exact) mass is 631 g/mol. The van der Waals surface area contributed by atoms with Crippen LogP contribution in [0, 0.1) is 0 Å². The molecule has 0 radical (unpaired) electrons. The second-order valence-corrected chi connectivity index (χ2v) is 13.1. The third-order valence-electron chi connectivity index (χ3n) is 7.37. The summed E-state index contributed by atoms with van der Waals surface area (Å²) in [5.41, 5.74) is 1.70. The maximum Gasteiger partial charge on any atom is 0.244 e. The quantitative estimate of drug-likeness (QED) is 0.286. The molecule has 1 saturated carbocycles. The van der Waals surface area contributed by atoms with Crippen molar-refractivity contribution < 1.29 is 22.7 Å². The van der Waals surface area contributed by atoms with E-state index < -0.39 is 28.5 Å². The van der Waals surface area contributed by atoms with Crippen LogP contribution >= 0.6 is 23.2 Å². The molecule has 1 fully saturated rings. The van der Waals surface area contributed by atoms with Gasteiger partial charge in [0.05, 0.1) is 24.1 Å². The summed E-state index contributed by atoms with van der Waals surface area (Å²) >= 11 is 12.8. The van der Waals surface area contributed by atoms with Crippen LogP contribution in [0.25, 0.3) is 0 Å². The Hall–Kier alpha value is -3.27. The second kappa shape index (κ2) is 14.3. The summed E-state index contributed by atoms with van der Waals surface area (Å²) in [6, 6.07) is 20.1. The molecule has 1 aliphatic rings. The van der Waals surface area contributed by atoms with Gasteiger partial charge in [-0.1, -0.05) is 84.6 Å². The molecule has 3 aromatic carbocycles. The molecule has 0 bridgehead atoms. The van der Waals surface area contributed by atoms with E-state index in [-0.39, 0.29) is 35.6 Å². The summed E-state index contributed by atoms with van der Waals surface area (Å²) in [5, 5.41) is 3.77. The Bertz CT molecular complexity index is 1500. The predicted octanol–water partition coefficient (Wildman–Crippen LogP) is 5.47. The van der Waals surface area contributed by atoms with Gasteiger partial charge < -0.3 is 15.0 Å². The van der Waals surface area contributed by atoms with Crippen LogP contribution in [0.5, 0.6) is 5.75 Å². The van der Waals surface area contributed by atoms with Gasteiger partial charge in [0.2, 0.25) is 21.8 Å². The van der Waals surface area contributed by atoms with Crippen LogP contribution in [-0.4, -0.2) is 57.1 Å². The third-order valence-corrected chi connectivity index (χ3v) is 9.18. The lowest BCUT2D eigenvalue weighted by Gasteiger charge is -2.34. The van der Waals surface area contributed by atoms with Crippen LogP contribution in [0.4, 0.5) is 5.69 Å². The first-order valence-electron chi connectivity index (χ1n) is 13.7. The molecule has 4 rings (SSSR count). The van der Waals surface area contributed by atoms with E-state index in [1.807, 2.05) is 30.3 Å².